The van der Waals surface area contributed by atoms with Crippen LogP contribution >= 0.6 is 13.9 Å². The van der Waals surface area contributed by atoms with Crippen molar-refractivity contribution in [2.75, 3.05) is 31.4 Å². The predicted molar refractivity (Wildman–Crippen MR) is 162 cm³/mol. The maximum absolute atomic E-state index is 15.8. The van der Waals surface area contributed by atoms with Crippen LogP contribution < -0.4 is 17.0 Å². The molecule has 0 amide bonds. The van der Waals surface area contributed by atoms with Crippen LogP contribution in [0.1, 0.15) is 18.9 Å². The van der Waals surface area contributed by atoms with E-state index in [-0.39, 0.29) is 34.0 Å². The molecule has 0 aromatic carbocycles. The van der Waals surface area contributed by atoms with Crippen LogP contribution in [0.2, 0.25) is 0 Å². The van der Waals surface area contributed by atoms with Crippen molar-refractivity contribution < 1.29 is 51.1 Å². The summed E-state index contributed by atoms with van der Waals surface area (Å²) in [6.07, 6.45) is -6.92. The number of anilines is 2. The number of aliphatic hydroxyl groups is 1. The molecular formula is C21H25F3N10O9P2S2. The molecule has 2 saturated heterocycles. The lowest BCUT2D eigenvalue weighted by atomic mass is 10.0. The molecule has 0 aliphatic carbocycles. The fraction of sp³-hybridized carbons (Fsp3) is 0.524. The number of halogens is 3. The van der Waals surface area contributed by atoms with E-state index in [0.717, 1.165) is 15.6 Å². The van der Waals surface area contributed by atoms with Gasteiger partial charge in [0.1, 0.15) is 42.3 Å². The number of H-pyrrole nitrogens is 1. The molecule has 4 aromatic rings. The third kappa shape index (κ3) is 6.29. The zero-order chi connectivity index (χ0) is 33.9. The number of nitrogens with zero attached hydrogens (tertiary/aromatic N) is 7. The predicted octanol–water partition coefficient (Wildman–Crippen LogP) is -0.222. The number of hydrogen-bond donors (Lipinski definition) is 6. The summed E-state index contributed by atoms with van der Waals surface area (Å²) >= 11 is 9.81. The molecule has 2 aliphatic rings. The summed E-state index contributed by atoms with van der Waals surface area (Å²) in [5.74, 6) is -4.12. The number of aliphatic hydroxyl groups excluding tert-OH is 1. The minimum Gasteiger partial charge on any atom is -0.393 e. The number of fused-ring (bicyclic) bond motifs is 2. The topological polar surface area (TPSA) is 266 Å². The fourth-order valence-corrected chi connectivity index (χ4v) is 7.58. The van der Waals surface area contributed by atoms with Crippen LogP contribution in [0, 0.1) is 0 Å². The molecular weight excluding hydrogens is 719 g/mol. The summed E-state index contributed by atoms with van der Waals surface area (Å²) in [6.45, 7) is -7.38. The van der Waals surface area contributed by atoms with E-state index in [0.29, 0.717) is 0 Å². The Morgan fingerprint density at radius 1 is 1.30 bits per heavy atom. The van der Waals surface area contributed by atoms with Crippen molar-refractivity contribution in [2.24, 2.45) is 0 Å². The molecule has 2 fully saturated rings. The van der Waals surface area contributed by atoms with Crippen LogP contribution in [0.4, 0.5) is 24.9 Å². The summed E-state index contributed by atoms with van der Waals surface area (Å²) < 4.78 is 75.0. The van der Waals surface area contributed by atoms with Gasteiger partial charge in [-0.2, -0.15) is 18.4 Å². The second-order valence-electron chi connectivity index (χ2n) is 10.5. The Morgan fingerprint density at radius 2 is 2.06 bits per heavy atom. The van der Waals surface area contributed by atoms with E-state index in [1.54, 1.807) is 0 Å². The average Bonchev–Trinajstić information content (AvgIpc) is 3.76. The second-order valence-corrected chi connectivity index (χ2v) is 15.1. The number of nitrogen functional groups attached to an aromatic ring is 2. The largest absolute Gasteiger partial charge is 0.393 e. The monoisotopic (exact) mass is 744 g/mol. The minimum atomic E-state index is -4.45. The fourth-order valence-electron chi connectivity index (χ4n) is 5.31. The molecule has 8 N–H and O–H groups in total. The molecule has 6 rings (SSSR count). The van der Waals surface area contributed by atoms with Gasteiger partial charge >= 0.3 is 12.6 Å². The van der Waals surface area contributed by atoms with Gasteiger partial charge in [-0.15, -0.1) is 5.10 Å². The van der Waals surface area contributed by atoms with Crippen molar-refractivity contribution in [3.05, 3.63) is 28.9 Å². The van der Waals surface area contributed by atoms with E-state index in [2.05, 4.69) is 42.1 Å². The number of aromatic amines is 1. The third-order valence-corrected chi connectivity index (χ3v) is 9.76. The van der Waals surface area contributed by atoms with E-state index in [1.807, 2.05) is 0 Å². The first-order valence-corrected chi connectivity index (χ1v) is 18.4. The first-order valence-electron chi connectivity index (χ1n) is 13.3. The Labute approximate surface area is 270 Å². The average molecular weight is 745 g/mol. The van der Waals surface area contributed by atoms with Crippen LogP contribution in [0.15, 0.2) is 23.4 Å². The molecule has 2 unspecified atom stereocenters. The molecule has 47 heavy (non-hydrogen) atoms. The molecule has 0 saturated carbocycles. The Bertz CT molecular complexity index is 1950. The first-order chi connectivity index (χ1) is 22.2. The van der Waals surface area contributed by atoms with Gasteiger partial charge in [0.25, 0.3) is 5.56 Å². The minimum absolute atomic E-state index is 0.0115. The van der Waals surface area contributed by atoms with Gasteiger partial charge in [0.2, 0.25) is 12.2 Å². The van der Waals surface area contributed by atoms with Crippen LogP contribution in [0.3, 0.4) is 0 Å². The Hall–Kier alpha value is -2.73. The molecule has 256 valence electrons. The normalized spacial score (nSPS) is 29.4. The van der Waals surface area contributed by atoms with Gasteiger partial charge in [0.05, 0.1) is 18.6 Å². The van der Waals surface area contributed by atoms with Crippen LogP contribution in [0.5, 0.6) is 0 Å². The molecule has 6 heterocycles. The molecule has 0 spiro atoms. The molecule has 0 radical (unpaired) electrons. The number of nitrogens with two attached hydrogens (primary N) is 2. The highest BCUT2D eigenvalue weighted by molar-refractivity contribution is 8.07. The number of hydrogen-bond acceptors (Lipinski definition) is 16. The van der Waals surface area contributed by atoms with E-state index < -0.39 is 88.0 Å². The summed E-state index contributed by atoms with van der Waals surface area (Å²) in [4.78, 5) is 47.1. The molecule has 0 bridgehead atoms. The zero-order valence-electron chi connectivity index (χ0n) is 23.4. The highest BCUT2D eigenvalue weighted by Crippen LogP contribution is 2.53. The Kier molecular flexibility index (Phi) is 9.17. The number of ether oxygens (including phenoxy) is 2. The van der Waals surface area contributed by atoms with Crippen LogP contribution in [-0.2, 0) is 46.7 Å². The maximum Gasteiger partial charge on any atom is 0.325 e. The number of nitrogens with one attached hydrogen (secondary N) is 1. The highest BCUT2D eigenvalue weighted by Gasteiger charge is 2.62. The van der Waals surface area contributed by atoms with Crippen molar-refractivity contribution in [1.82, 2.24) is 39.5 Å². The Balaban J connectivity index is 1.25. The summed E-state index contributed by atoms with van der Waals surface area (Å²) in [5, 5.41) is 17.7. The number of aromatic nitrogens is 8. The van der Waals surface area contributed by atoms with Gasteiger partial charge in [-0.25, -0.2) is 14.4 Å². The summed E-state index contributed by atoms with van der Waals surface area (Å²) in [5.41, 5.74) is 8.40. The zero-order valence-corrected chi connectivity index (χ0v) is 26.9. The lowest BCUT2D eigenvalue weighted by Crippen LogP contribution is -2.40. The molecule has 8 atom stereocenters. The van der Waals surface area contributed by atoms with Crippen molar-refractivity contribution in [3.63, 3.8) is 0 Å². The van der Waals surface area contributed by atoms with Crippen molar-refractivity contribution in [2.45, 2.75) is 48.7 Å². The summed E-state index contributed by atoms with van der Waals surface area (Å²) in [7, 11) is -3.13. The van der Waals surface area contributed by atoms with Gasteiger partial charge in [0, 0.05) is 12.6 Å². The summed E-state index contributed by atoms with van der Waals surface area (Å²) in [6, 6.07) is 1.40. The molecule has 26 heteroatoms. The van der Waals surface area contributed by atoms with E-state index in [4.69, 9.17) is 46.3 Å². The van der Waals surface area contributed by atoms with Gasteiger partial charge in [-0.3, -0.25) is 9.78 Å². The molecule has 2 aliphatic heterocycles. The first kappa shape index (κ1) is 34.1. The van der Waals surface area contributed by atoms with Crippen molar-refractivity contribution >= 4 is 71.4 Å². The SMILES string of the molecule is Nc1nc2c(nnn2[C@@H]2O[C@@](CO)(CF)C[C@H]2OP(O)(=S)OC[C@H]2O[C@@H](n3ccc4c(N)ncnc43)C(F)(F)[C@@H]2O[PH](O)=S)c(=O)[nH]1. The van der Waals surface area contributed by atoms with Crippen molar-refractivity contribution in [3.8, 4) is 0 Å². The van der Waals surface area contributed by atoms with Crippen LogP contribution in [0.25, 0.3) is 22.2 Å². The number of rotatable bonds is 11. The maximum atomic E-state index is 15.8. The van der Waals surface area contributed by atoms with E-state index in [9.17, 15) is 24.1 Å². The Morgan fingerprint density at radius 3 is 2.77 bits per heavy atom. The number of alkyl halides is 3. The van der Waals surface area contributed by atoms with Gasteiger partial charge < -0.3 is 54.0 Å². The van der Waals surface area contributed by atoms with Crippen LogP contribution in [-0.4, -0.2) is 104 Å². The molecule has 4 aromatic heterocycles. The third-order valence-electron chi connectivity index (χ3n) is 7.43. The van der Waals surface area contributed by atoms with E-state index >= 15 is 8.78 Å². The lowest BCUT2D eigenvalue weighted by Gasteiger charge is -2.26. The quantitative estimate of drug-likeness (QED) is 0.108. The second kappa shape index (κ2) is 12.6. The lowest BCUT2D eigenvalue weighted by molar-refractivity contribution is -0.132. The standard InChI is InChI=1S/C21H25F3N10O9P2S2/c22-5-20(6-35)3-9(17(41-20)34-15-11(31-32-34)16(36)30-19(26)29-15)43-45(38,47)39-4-10-12(42-44(37)46)21(23,24)18(40-10)33-2-1-8-13(25)27-7-28-14(8)33/h1-2,7,9-10,12,17-18,35,44H,3-6H2,(H,37,46)(H,38,47)(H2,25,27,28)(H3,26,29,30,36)/t9-,10-,12-,17-,18-,20-,45?/m1/s1. The van der Waals surface area contributed by atoms with Crippen molar-refractivity contribution in [1.29, 1.82) is 0 Å². The van der Waals surface area contributed by atoms with Gasteiger partial charge in [0.15, 0.2) is 30.6 Å². The van der Waals surface area contributed by atoms with Gasteiger partial charge in [-0.1, -0.05) is 5.21 Å². The van der Waals surface area contributed by atoms with Gasteiger partial charge in [-0.05, 0) is 29.7 Å². The molecule has 19 nitrogen and oxygen atoms in total. The highest BCUT2D eigenvalue weighted by atomic mass is 32.5. The van der Waals surface area contributed by atoms with E-state index in [1.165, 1.54) is 12.3 Å². The smallest absolute Gasteiger partial charge is 0.325 e.